The number of nitrogens with zero attached hydrogens (tertiary/aromatic N) is 2. The molecule has 0 fully saturated rings. The second-order valence-electron chi connectivity index (χ2n) is 6.73. The van der Waals surface area contributed by atoms with Gasteiger partial charge < -0.3 is 5.32 Å². The molecular weight excluding hydrogens is 398 g/mol. The molecule has 3 aromatic rings. The first-order valence-electron chi connectivity index (χ1n) is 8.82. The molecule has 2 aromatic carbocycles. The van der Waals surface area contributed by atoms with E-state index in [4.69, 9.17) is 11.6 Å². The van der Waals surface area contributed by atoms with Gasteiger partial charge in [0.05, 0.1) is 22.9 Å². The van der Waals surface area contributed by atoms with Crippen LogP contribution in [0.1, 0.15) is 23.2 Å². The summed E-state index contributed by atoms with van der Waals surface area (Å²) in [5, 5.41) is 7.90. The van der Waals surface area contributed by atoms with Crippen LogP contribution >= 0.6 is 11.6 Å². The van der Waals surface area contributed by atoms with Gasteiger partial charge in [-0.2, -0.15) is 5.10 Å². The Bertz CT molecular complexity index is 1120. The van der Waals surface area contributed by atoms with Gasteiger partial charge in [0.15, 0.2) is 9.84 Å². The number of carbonyl (C=O) groups excluding carboxylic acids is 1. The molecule has 2 heterocycles. The first kappa shape index (κ1) is 18.7. The molecular formula is C20H18ClN3O3S. The fraction of sp³-hybridized carbons (Fsp3) is 0.200. The van der Waals surface area contributed by atoms with Gasteiger partial charge in [0.25, 0.3) is 0 Å². The van der Waals surface area contributed by atoms with Crippen LogP contribution in [0.5, 0.6) is 0 Å². The third-order valence-electron chi connectivity index (χ3n) is 4.60. The third-order valence-corrected chi connectivity index (χ3v) is 6.29. The second-order valence-corrected chi connectivity index (χ2v) is 9.23. The first-order valence-corrected chi connectivity index (χ1v) is 11.0. The van der Waals surface area contributed by atoms with Crippen molar-refractivity contribution in [2.45, 2.75) is 24.3 Å². The molecule has 144 valence electrons. The Morgan fingerprint density at radius 3 is 2.50 bits per heavy atom. The monoisotopic (exact) mass is 415 g/mol. The first-order chi connectivity index (χ1) is 13.4. The molecule has 0 aliphatic carbocycles. The number of sulfone groups is 1. The average Bonchev–Trinajstić information content (AvgIpc) is 3.14. The summed E-state index contributed by atoms with van der Waals surface area (Å²) in [5.74, 6) is -0.0115. The summed E-state index contributed by atoms with van der Waals surface area (Å²) >= 11 is 5.96. The Morgan fingerprint density at radius 1 is 1.07 bits per heavy atom. The Morgan fingerprint density at radius 2 is 1.79 bits per heavy atom. The van der Waals surface area contributed by atoms with Gasteiger partial charge in [0.2, 0.25) is 5.91 Å². The number of aryl methyl sites for hydroxylation is 1. The SMILES string of the molecule is O=C(CCc1ccccc1)Nc1c2c(nn1-c1ccc(Cl)cc1)CS(=O)(=O)C2. The fourth-order valence-electron chi connectivity index (χ4n) is 3.24. The number of benzene rings is 2. The van der Waals surface area contributed by atoms with E-state index in [9.17, 15) is 13.2 Å². The standard InChI is InChI=1S/C20H18ClN3O3S/c21-15-7-9-16(10-8-15)24-20(17-12-28(26,27)13-18(17)23-24)22-19(25)11-6-14-4-2-1-3-5-14/h1-5,7-10H,6,11-13H2,(H,22,25). The summed E-state index contributed by atoms with van der Waals surface area (Å²) in [6.45, 7) is 0. The molecule has 6 nitrogen and oxygen atoms in total. The zero-order valence-corrected chi connectivity index (χ0v) is 16.5. The van der Waals surface area contributed by atoms with Gasteiger partial charge in [-0.1, -0.05) is 41.9 Å². The van der Waals surface area contributed by atoms with Gasteiger partial charge in [-0.25, -0.2) is 13.1 Å². The van der Waals surface area contributed by atoms with Crippen molar-refractivity contribution in [3.05, 3.63) is 76.4 Å². The maximum absolute atomic E-state index is 12.6. The molecule has 0 atom stereocenters. The number of carbonyl (C=O) groups is 1. The number of halogens is 1. The van der Waals surface area contributed by atoms with E-state index < -0.39 is 9.84 Å². The lowest BCUT2D eigenvalue weighted by Crippen LogP contribution is -2.17. The van der Waals surface area contributed by atoms with Gasteiger partial charge in [-0.05, 0) is 36.2 Å². The smallest absolute Gasteiger partial charge is 0.225 e. The lowest BCUT2D eigenvalue weighted by atomic mass is 10.1. The molecule has 8 heteroatoms. The molecule has 1 N–H and O–H groups in total. The quantitative estimate of drug-likeness (QED) is 0.691. The molecule has 0 saturated heterocycles. The number of aromatic nitrogens is 2. The zero-order valence-electron chi connectivity index (χ0n) is 14.9. The minimum Gasteiger partial charge on any atom is -0.310 e. The van der Waals surface area contributed by atoms with Gasteiger partial charge in [0.1, 0.15) is 5.82 Å². The molecule has 0 radical (unpaired) electrons. The topological polar surface area (TPSA) is 81.1 Å². The third kappa shape index (κ3) is 3.95. The predicted octanol–water partition coefficient (Wildman–Crippen LogP) is 3.53. The number of fused-ring (bicyclic) bond motifs is 1. The van der Waals surface area contributed by atoms with Crippen molar-refractivity contribution in [3.63, 3.8) is 0 Å². The number of nitrogens with one attached hydrogen (secondary N) is 1. The fourth-order valence-corrected chi connectivity index (χ4v) is 4.86. The van der Waals surface area contributed by atoms with E-state index in [0.29, 0.717) is 34.2 Å². The Balaban J connectivity index is 1.61. The summed E-state index contributed by atoms with van der Waals surface area (Å²) in [6, 6.07) is 16.7. The van der Waals surface area contributed by atoms with Crippen LogP contribution in [-0.2, 0) is 32.6 Å². The molecule has 28 heavy (non-hydrogen) atoms. The van der Waals surface area contributed by atoms with Crippen molar-refractivity contribution >= 4 is 33.2 Å². The molecule has 4 rings (SSSR count). The minimum absolute atomic E-state index is 0.115. The Labute approximate surface area is 168 Å². The lowest BCUT2D eigenvalue weighted by molar-refractivity contribution is -0.116. The summed E-state index contributed by atoms with van der Waals surface area (Å²) in [4.78, 5) is 12.6. The van der Waals surface area contributed by atoms with Crippen molar-refractivity contribution in [2.75, 3.05) is 5.32 Å². The number of rotatable bonds is 5. The van der Waals surface area contributed by atoms with E-state index >= 15 is 0 Å². The Hall–Kier alpha value is -2.64. The largest absolute Gasteiger partial charge is 0.310 e. The predicted molar refractivity (Wildman–Crippen MR) is 108 cm³/mol. The number of anilines is 1. The van der Waals surface area contributed by atoms with Crippen LogP contribution in [0.15, 0.2) is 54.6 Å². The normalized spacial score (nSPS) is 14.6. The highest BCUT2D eigenvalue weighted by molar-refractivity contribution is 7.90. The molecule has 1 aliphatic rings. The van der Waals surface area contributed by atoms with E-state index in [1.165, 1.54) is 0 Å². The number of hydrogen-bond acceptors (Lipinski definition) is 4. The van der Waals surface area contributed by atoms with Crippen molar-refractivity contribution in [1.82, 2.24) is 9.78 Å². The molecule has 1 amide bonds. The van der Waals surface area contributed by atoms with Gasteiger partial charge in [-0.15, -0.1) is 0 Å². The molecule has 1 aromatic heterocycles. The Kier molecular flexibility index (Phi) is 4.95. The number of hydrogen-bond donors (Lipinski definition) is 1. The zero-order chi connectivity index (χ0) is 19.7. The van der Waals surface area contributed by atoms with Crippen molar-refractivity contribution < 1.29 is 13.2 Å². The molecule has 1 aliphatic heterocycles. The lowest BCUT2D eigenvalue weighted by Gasteiger charge is -2.11. The van der Waals surface area contributed by atoms with Crippen molar-refractivity contribution in [2.24, 2.45) is 0 Å². The van der Waals surface area contributed by atoms with E-state index in [-0.39, 0.29) is 23.8 Å². The van der Waals surface area contributed by atoms with Crippen LogP contribution in [0.25, 0.3) is 5.69 Å². The summed E-state index contributed by atoms with van der Waals surface area (Å²) in [6.07, 6.45) is 0.888. The highest BCUT2D eigenvalue weighted by Crippen LogP contribution is 2.33. The average molecular weight is 416 g/mol. The van der Waals surface area contributed by atoms with Gasteiger partial charge in [-0.3, -0.25) is 4.79 Å². The molecule has 0 spiro atoms. The maximum atomic E-state index is 12.6. The number of amides is 1. The van der Waals surface area contributed by atoms with Gasteiger partial charge in [0, 0.05) is 17.0 Å². The van der Waals surface area contributed by atoms with E-state index in [0.717, 1.165) is 5.56 Å². The summed E-state index contributed by atoms with van der Waals surface area (Å²) in [7, 11) is -3.23. The molecule has 0 bridgehead atoms. The van der Waals surface area contributed by atoms with E-state index in [2.05, 4.69) is 10.4 Å². The van der Waals surface area contributed by atoms with Crippen LogP contribution in [-0.4, -0.2) is 24.1 Å². The minimum atomic E-state index is -3.23. The van der Waals surface area contributed by atoms with Crippen molar-refractivity contribution in [3.8, 4) is 5.69 Å². The van der Waals surface area contributed by atoms with Crippen LogP contribution in [0.4, 0.5) is 5.82 Å². The van der Waals surface area contributed by atoms with Gasteiger partial charge >= 0.3 is 0 Å². The molecule has 0 saturated carbocycles. The van der Waals surface area contributed by atoms with E-state index in [1.807, 2.05) is 30.3 Å². The highest BCUT2D eigenvalue weighted by atomic mass is 35.5. The van der Waals surface area contributed by atoms with E-state index in [1.54, 1.807) is 28.9 Å². The highest BCUT2D eigenvalue weighted by Gasteiger charge is 2.33. The maximum Gasteiger partial charge on any atom is 0.225 e. The van der Waals surface area contributed by atoms with Crippen LogP contribution < -0.4 is 5.32 Å². The van der Waals surface area contributed by atoms with Crippen molar-refractivity contribution in [1.29, 1.82) is 0 Å². The van der Waals surface area contributed by atoms with Crippen LogP contribution in [0.2, 0.25) is 5.02 Å². The van der Waals surface area contributed by atoms with Crippen LogP contribution in [0, 0.1) is 0 Å². The van der Waals surface area contributed by atoms with Crippen LogP contribution in [0.3, 0.4) is 0 Å². The summed E-state index contributed by atoms with van der Waals surface area (Å²) in [5.41, 5.74) is 2.81. The molecule has 0 unspecified atom stereocenters. The summed E-state index contributed by atoms with van der Waals surface area (Å²) < 4.78 is 25.6. The second kappa shape index (κ2) is 7.41.